The Kier molecular flexibility index (Phi) is 7.74. The van der Waals surface area contributed by atoms with Crippen molar-refractivity contribution in [1.29, 1.82) is 0 Å². The lowest BCUT2D eigenvalue weighted by Crippen LogP contribution is -2.24. The largest absolute Gasteiger partial charge is 0.493 e. The molecule has 0 aliphatic carbocycles. The van der Waals surface area contributed by atoms with Gasteiger partial charge in [-0.25, -0.2) is 5.43 Å². The van der Waals surface area contributed by atoms with Crippen molar-refractivity contribution in [3.05, 3.63) is 102 Å². The molecule has 0 saturated heterocycles. The van der Waals surface area contributed by atoms with Crippen LogP contribution in [0.3, 0.4) is 0 Å². The minimum Gasteiger partial charge on any atom is -0.493 e. The smallest absolute Gasteiger partial charge is 0.277 e. The molecule has 172 valence electrons. The number of benzene rings is 4. The average molecular weight is 455 g/mol. The molecule has 34 heavy (non-hydrogen) atoms. The van der Waals surface area contributed by atoms with E-state index < -0.39 is 0 Å². The minimum atomic E-state index is -0.350. The fourth-order valence-electron chi connectivity index (χ4n) is 3.48. The first-order chi connectivity index (χ1) is 16.7. The molecule has 0 heterocycles. The summed E-state index contributed by atoms with van der Waals surface area (Å²) in [6.07, 6.45) is 2.35. The van der Waals surface area contributed by atoms with Gasteiger partial charge in [0.05, 0.1) is 19.9 Å². The topological polar surface area (TPSA) is 69.2 Å². The molecule has 4 aromatic rings. The summed E-state index contributed by atoms with van der Waals surface area (Å²) in [4.78, 5) is 12.2. The maximum Gasteiger partial charge on any atom is 0.277 e. The Morgan fingerprint density at radius 3 is 2.50 bits per heavy atom. The van der Waals surface area contributed by atoms with E-state index in [1.165, 1.54) is 5.56 Å². The van der Waals surface area contributed by atoms with Gasteiger partial charge in [-0.05, 0) is 40.8 Å². The van der Waals surface area contributed by atoms with Crippen LogP contribution in [0.25, 0.3) is 10.8 Å². The second kappa shape index (κ2) is 11.5. The molecule has 0 saturated carbocycles. The number of ether oxygens (including phenoxy) is 3. The Balaban J connectivity index is 1.28. The summed E-state index contributed by atoms with van der Waals surface area (Å²) < 4.78 is 17.0. The quantitative estimate of drug-likeness (QED) is 0.271. The summed E-state index contributed by atoms with van der Waals surface area (Å²) in [6, 6.07) is 29.3. The Hall–Kier alpha value is -4.32. The molecule has 4 aromatic carbocycles. The normalized spacial score (nSPS) is 10.9. The van der Waals surface area contributed by atoms with Gasteiger partial charge in [-0.2, -0.15) is 5.10 Å². The first kappa shape index (κ1) is 22.9. The number of carbonyl (C=O) groups is 1. The molecule has 0 bridgehead atoms. The molecule has 0 aliphatic rings. The predicted octanol–water partition coefficient (Wildman–Crippen LogP) is 5.00. The first-order valence-corrected chi connectivity index (χ1v) is 11.0. The van der Waals surface area contributed by atoms with Crippen LogP contribution in [0.4, 0.5) is 0 Å². The van der Waals surface area contributed by atoms with Gasteiger partial charge in [-0.3, -0.25) is 4.79 Å². The van der Waals surface area contributed by atoms with Crippen LogP contribution >= 0.6 is 0 Å². The van der Waals surface area contributed by atoms with Crippen LogP contribution < -0.4 is 19.6 Å². The Morgan fingerprint density at radius 1 is 0.853 bits per heavy atom. The molecule has 0 radical (unpaired) electrons. The van der Waals surface area contributed by atoms with Crippen molar-refractivity contribution >= 4 is 22.9 Å². The molecule has 0 unspecified atom stereocenters. The summed E-state index contributed by atoms with van der Waals surface area (Å²) in [5, 5.41) is 6.04. The van der Waals surface area contributed by atoms with Crippen molar-refractivity contribution in [1.82, 2.24) is 5.43 Å². The second-order valence-corrected chi connectivity index (χ2v) is 7.55. The fourth-order valence-corrected chi connectivity index (χ4v) is 3.48. The van der Waals surface area contributed by atoms with Crippen LogP contribution in [0.15, 0.2) is 96.1 Å². The highest BCUT2D eigenvalue weighted by Crippen LogP contribution is 2.28. The van der Waals surface area contributed by atoms with Crippen LogP contribution in [0.2, 0.25) is 0 Å². The van der Waals surface area contributed by atoms with E-state index in [1.807, 2.05) is 72.8 Å². The Bertz CT molecular complexity index is 1270. The number of fused-ring (bicyclic) bond motifs is 1. The van der Waals surface area contributed by atoms with Crippen molar-refractivity contribution in [2.75, 3.05) is 20.3 Å². The number of rotatable bonds is 10. The zero-order valence-corrected chi connectivity index (χ0v) is 18.9. The van der Waals surface area contributed by atoms with Crippen LogP contribution in [-0.2, 0) is 11.2 Å². The molecule has 0 aromatic heterocycles. The predicted molar refractivity (Wildman–Crippen MR) is 134 cm³/mol. The number of nitrogens with one attached hydrogen (secondary N) is 1. The molecule has 0 atom stereocenters. The minimum absolute atomic E-state index is 0.136. The molecular formula is C28H26N2O4. The van der Waals surface area contributed by atoms with E-state index in [4.69, 9.17) is 14.2 Å². The molecule has 0 aliphatic heterocycles. The van der Waals surface area contributed by atoms with E-state index in [0.29, 0.717) is 23.9 Å². The maximum atomic E-state index is 12.2. The number of methoxy groups -OCH3 is 1. The summed E-state index contributed by atoms with van der Waals surface area (Å²) in [6.45, 7) is 0.406. The monoisotopic (exact) mass is 454 g/mol. The van der Waals surface area contributed by atoms with Gasteiger partial charge in [0.1, 0.15) is 5.75 Å². The lowest BCUT2D eigenvalue weighted by molar-refractivity contribution is -0.123. The standard InChI is InChI=1S/C28H26N2O4/c1-32-27-18-22(14-15-26(27)33-17-16-21-8-3-2-4-9-21)19-29-30-28(31)20-34-25-13-7-11-23-10-5-6-12-24(23)25/h2-15,18-19H,16-17,20H2,1H3,(H,30,31)/b29-19+. The van der Waals surface area contributed by atoms with Crippen molar-refractivity contribution in [3.8, 4) is 17.2 Å². The third kappa shape index (κ3) is 6.13. The maximum absolute atomic E-state index is 12.2. The highest BCUT2D eigenvalue weighted by molar-refractivity contribution is 5.89. The summed E-state index contributed by atoms with van der Waals surface area (Å²) in [5.41, 5.74) is 4.47. The number of hydrogen-bond donors (Lipinski definition) is 1. The van der Waals surface area contributed by atoms with Crippen LogP contribution in [-0.4, -0.2) is 32.4 Å². The zero-order chi connectivity index (χ0) is 23.6. The van der Waals surface area contributed by atoms with E-state index in [2.05, 4.69) is 22.7 Å². The molecular weight excluding hydrogens is 428 g/mol. The van der Waals surface area contributed by atoms with E-state index in [-0.39, 0.29) is 12.5 Å². The number of carbonyl (C=O) groups excluding carboxylic acids is 1. The van der Waals surface area contributed by atoms with Gasteiger partial charge in [0.2, 0.25) is 0 Å². The van der Waals surface area contributed by atoms with E-state index in [1.54, 1.807) is 19.4 Å². The van der Waals surface area contributed by atoms with Gasteiger partial charge in [0, 0.05) is 11.8 Å². The highest BCUT2D eigenvalue weighted by Gasteiger charge is 2.07. The number of hydrogen-bond acceptors (Lipinski definition) is 5. The zero-order valence-electron chi connectivity index (χ0n) is 18.9. The van der Waals surface area contributed by atoms with Crippen LogP contribution in [0, 0.1) is 0 Å². The Morgan fingerprint density at radius 2 is 1.65 bits per heavy atom. The fraction of sp³-hybridized carbons (Fsp3) is 0.143. The number of nitrogens with zero attached hydrogens (tertiary/aromatic N) is 1. The van der Waals surface area contributed by atoms with Gasteiger partial charge in [0.15, 0.2) is 18.1 Å². The molecule has 4 rings (SSSR count). The molecule has 0 spiro atoms. The van der Waals surface area contributed by atoms with Crippen molar-refractivity contribution in [2.24, 2.45) is 5.10 Å². The van der Waals surface area contributed by atoms with Gasteiger partial charge in [-0.15, -0.1) is 0 Å². The van der Waals surface area contributed by atoms with E-state index in [9.17, 15) is 4.79 Å². The third-order valence-corrected chi connectivity index (χ3v) is 5.19. The third-order valence-electron chi connectivity index (χ3n) is 5.19. The van der Waals surface area contributed by atoms with Gasteiger partial charge in [0.25, 0.3) is 5.91 Å². The molecule has 6 heteroatoms. The van der Waals surface area contributed by atoms with Gasteiger partial charge in [-0.1, -0.05) is 66.7 Å². The molecule has 0 fully saturated rings. The number of hydrazone groups is 1. The van der Waals surface area contributed by atoms with Gasteiger partial charge < -0.3 is 14.2 Å². The average Bonchev–Trinajstić information content (AvgIpc) is 2.88. The van der Waals surface area contributed by atoms with E-state index >= 15 is 0 Å². The SMILES string of the molecule is COc1cc(/C=N/NC(=O)COc2cccc3ccccc23)ccc1OCCc1ccccc1. The van der Waals surface area contributed by atoms with Crippen molar-refractivity contribution in [2.45, 2.75) is 6.42 Å². The van der Waals surface area contributed by atoms with Crippen LogP contribution in [0.5, 0.6) is 17.2 Å². The van der Waals surface area contributed by atoms with Crippen molar-refractivity contribution < 1.29 is 19.0 Å². The van der Waals surface area contributed by atoms with E-state index in [0.717, 1.165) is 22.8 Å². The molecule has 6 nitrogen and oxygen atoms in total. The number of amides is 1. The lowest BCUT2D eigenvalue weighted by atomic mass is 10.1. The Labute approximate surface area is 198 Å². The summed E-state index contributed by atoms with van der Waals surface area (Å²) in [5.74, 6) is 1.56. The first-order valence-electron chi connectivity index (χ1n) is 11.0. The summed E-state index contributed by atoms with van der Waals surface area (Å²) >= 11 is 0. The van der Waals surface area contributed by atoms with Crippen LogP contribution in [0.1, 0.15) is 11.1 Å². The van der Waals surface area contributed by atoms with Crippen molar-refractivity contribution in [3.63, 3.8) is 0 Å². The molecule has 1 amide bonds. The van der Waals surface area contributed by atoms with Gasteiger partial charge >= 0.3 is 0 Å². The lowest BCUT2D eigenvalue weighted by Gasteiger charge is -2.11. The molecule has 1 N–H and O–H groups in total. The highest BCUT2D eigenvalue weighted by atomic mass is 16.5. The second-order valence-electron chi connectivity index (χ2n) is 7.55. The summed E-state index contributed by atoms with van der Waals surface area (Å²) in [7, 11) is 1.59.